The first kappa shape index (κ1) is 17.3. The molecule has 0 spiro atoms. The zero-order valence-electron chi connectivity index (χ0n) is 12.0. The van der Waals surface area contributed by atoms with E-state index in [0.717, 1.165) is 19.3 Å². The second kappa shape index (κ2) is 12.7. The van der Waals surface area contributed by atoms with Crippen LogP contribution in [0.4, 0.5) is 0 Å². The highest BCUT2D eigenvalue weighted by Crippen LogP contribution is 2.07. The van der Waals surface area contributed by atoms with Gasteiger partial charge < -0.3 is 4.74 Å². The van der Waals surface area contributed by atoms with Crippen molar-refractivity contribution in [3.05, 3.63) is 0 Å². The quantitative estimate of drug-likeness (QED) is 0.472. The maximum absolute atomic E-state index is 11.5. The van der Waals surface area contributed by atoms with Crippen molar-refractivity contribution in [3.63, 3.8) is 0 Å². The summed E-state index contributed by atoms with van der Waals surface area (Å²) in [5.41, 5.74) is 0. The number of ketones is 2. The van der Waals surface area contributed by atoms with Crippen molar-refractivity contribution in [2.75, 3.05) is 13.2 Å². The fourth-order valence-electron chi connectivity index (χ4n) is 1.74. The van der Waals surface area contributed by atoms with E-state index in [9.17, 15) is 9.59 Å². The van der Waals surface area contributed by atoms with Crippen molar-refractivity contribution in [1.29, 1.82) is 0 Å². The molecule has 0 aromatic carbocycles. The van der Waals surface area contributed by atoms with Crippen LogP contribution in [0.15, 0.2) is 0 Å². The van der Waals surface area contributed by atoms with Gasteiger partial charge in [0.1, 0.15) is 11.6 Å². The molecule has 0 rings (SSSR count). The molecule has 0 radical (unpaired) electrons. The van der Waals surface area contributed by atoms with Crippen LogP contribution < -0.4 is 0 Å². The Morgan fingerprint density at radius 1 is 0.833 bits per heavy atom. The molecule has 3 heteroatoms. The maximum atomic E-state index is 11.5. The molecule has 0 aromatic rings. The van der Waals surface area contributed by atoms with Gasteiger partial charge in [-0.3, -0.25) is 9.59 Å². The highest BCUT2D eigenvalue weighted by Gasteiger charge is 2.02. The molecule has 18 heavy (non-hydrogen) atoms. The Bertz CT molecular complexity index is 224. The van der Waals surface area contributed by atoms with Crippen molar-refractivity contribution >= 4 is 11.6 Å². The van der Waals surface area contributed by atoms with Gasteiger partial charge >= 0.3 is 0 Å². The van der Waals surface area contributed by atoms with Crippen molar-refractivity contribution in [3.8, 4) is 0 Å². The zero-order chi connectivity index (χ0) is 13.6. The molecule has 0 saturated carbocycles. The predicted molar refractivity (Wildman–Crippen MR) is 73.7 cm³/mol. The molecule has 0 bridgehead atoms. The van der Waals surface area contributed by atoms with Gasteiger partial charge in [0.05, 0.1) is 6.61 Å². The fraction of sp³-hybridized carbons (Fsp3) is 0.867. The van der Waals surface area contributed by atoms with Crippen LogP contribution in [0.25, 0.3) is 0 Å². The molecule has 0 atom stereocenters. The molecule has 0 aliphatic heterocycles. The molecule has 0 amide bonds. The smallest absolute Gasteiger partial charge is 0.132 e. The van der Waals surface area contributed by atoms with E-state index in [1.54, 1.807) is 6.92 Å². The van der Waals surface area contributed by atoms with Crippen LogP contribution in [0.3, 0.4) is 0 Å². The van der Waals surface area contributed by atoms with Crippen LogP contribution in [0.5, 0.6) is 0 Å². The number of carbonyl (C=O) groups is 2. The number of rotatable bonds is 13. The summed E-state index contributed by atoms with van der Waals surface area (Å²) in [5, 5.41) is 0. The molecular formula is C15H28O3. The van der Waals surface area contributed by atoms with E-state index in [0.29, 0.717) is 31.8 Å². The Kier molecular flexibility index (Phi) is 12.3. The molecule has 0 unspecified atom stereocenters. The topological polar surface area (TPSA) is 43.4 Å². The number of Topliss-reactive ketones (excluding diaryl/α,β-unsaturated/α-hetero) is 2. The largest absolute Gasteiger partial charge is 0.381 e. The molecule has 0 aromatic heterocycles. The van der Waals surface area contributed by atoms with Crippen LogP contribution in [0, 0.1) is 0 Å². The molecular weight excluding hydrogens is 228 g/mol. The van der Waals surface area contributed by atoms with Crippen molar-refractivity contribution < 1.29 is 14.3 Å². The van der Waals surface area contributed by atoms with E-state index in [1.165, 1.54) is 25.7 Å². The summed E-state index contributed by atoms with van der Waals surface area (Å²) in [5.74, 6) is 0.500. The maximum Gasteiger partial charge on any atom is 0.132 e. The lowest BCUT2D eigenvalue weighted by atomic mass is 10.1. The zero-order valence-corrected chi connectivity index (χ0v) is 12.0. The van der Waals surface area contributed by atoms with Crippen molar-refractivity contribution in [1.82, 2.24) is 0 Å². The van der Waals surface area contributed by atoms with Gasteiger partial charge in [0.25, 0.3) is 0 Å². The molecule has 3 nitrogen and oxygen atoms in total. The highest BCUT2D eigenvalue weighted by molar-refractivity contribution is 5.78. The van der Waals surface area contributed by atoms with Crippen LogP contribution in [0.2, 0.25) is 0 Å². The summed E-state index contributed by atoms with van der Waals surface area (Å²) in [6.45, 7) is 4.83. The average Bonchev–Trinajstić information content (AvgIpc) is 2.33. The van der Waals surface area contributed by atoms with Crippen LogP contribution in [0.1, 0.15) is 71.6 Å². The molecule has 0 fully saturated rings. The summed E-state index contributed by atoms with van der Waals surface area (Å²) in [6.07, 6.45) is 8.57. The number of ether oxygens (including phenoxy) is 1. The standard InChI is InChI=1S/C15H28O3/c1-3-4-5-6-7-9-15(17)10-8-12-18-13-11-14(2)16/h3-13H2,1-2H3. The fourth-order valence-corrected chi connectivity index (χ4v) is 1.74. The highest BCUT2D eigenvalue weighted by atomic mass is 16.5. The van der Waals surface area contributed by atoms with Gasteiger partial charge in [0.15, 0.2) is 0 Å². The van der Waals surface area contributed by atoms with Crippen molar-refractivity contribution in [2.24, 2.45) is 0 Å². The molecule has 106 valence electrons. The first-order valence-electron chi connectivity index (χ1n) is 7.25. The Morgan fingerprint density at radius 2 is 1.50 bits per heavy atom. The minimum absolute atomic E-state index is 0.151. The monoisotopic (exact) mass is 256 g/mol. The summed E-state index contributed by atoms with van der Waals surface area (Å²) in [4.78, 5) is 22.2. The molecule has 0 aliphatic carbocycles. The van der Waals surface area contributed by atoms with Gasteiger partial charge in [0, 0.05) is 25.9 Å². The number of hydrogen-bond acceptors (Lipinski definition) is 3. The first-order chi connectivity index (χ1) is 8.66. The van der Waals surface area contributed by atoms with Gasteiger partial charge in [-0.05, 0) is 19.8 Å². The Hall–Kier alpha value is -0.700. The third-order valence-corrected chi connectivity index (χ3v) is 2.90. The summed E-state index contributed by atoms with van der Waals surface area (Å²) in [7, 11) is 0. The molecule has 0 aliphatic rings. The van der Waals surface area contributed by atoms with Crippen molar-refractivity contribution in [2.45, 2.75) is 71.6 Å². The molecule has 0 heterocycles. The second-order valence-corrected chi connectivity index (χ2v) is 4.87. The first-order valence-corrected chi connectivity index (χ1v) is 7.25. The van der Waals surface area contributed by atoms with Gasteiger partial charge in [-0.15, -0.1) is 0 Å². The normalized spacial score (nSPS) is 10.6. The van der Waals surface area contributed by atoms with Crippen LogP contribution >= 0.6 is 0 Å². The molecule has 0 saturated heterocycles. The van der Waals surface area contributed by atoms with Gasteiger partial charge in [0.2, 0.25) is 0 Å². The minimum atomic E-state index is 0.151. The lowest BCUT2D eigenvalue weighted by molar-refractivity contribution is -0.120. The van der Waals surface area contributed by atoms with E-state index in [4.69, 9.17) is 4.74 Å². The van der Waals surface area contributed by atoms with E-state index in [2.05, 4.69) is 6.92 Å². The SMILES string of the molecule is CCCCCCCC(=O)CCCOCCC(C)=O. The summed E-state index contributed by atoms with van der Waals surface area (Å²) < 4.78 is 5.28. The Labute approximate surface area is 111 Å². The van der Waals surface area contributed by atoms with Crippen LogP contribution in [-0.2, 0) is 14.3 Å². The van der Waals surface area contributed by atoms with E-state index >= 15 is 0 Å². The van der Waals surface area contributed by atoms with Crippen LogP contribution in [-0.4, -0.2) is 24.8 Å². The van der Waals surface area contributed by atoms with Gasteiger partial charge in [-0.1, -0.05) is 32.6 Å². The van der Waals surface area contributed by atoms with E-state index in [-0.39, 0.29) is 5.78 Å². The molecule has 0 N–H and O–H groups in total. The second-order valence-electron chi connectivity index (χ2n) is 4.87. The lowest BCUT2D eigenvalue weighted by Crippen LogP contribution is -2.04. The Balaban J connectivity index is 3.19. The Morgan fingerprint density at radius 3 is 2.17 bits per heavy atom. The van der Waals surface area contributed by atoms with E-state index < -0.39 is 0 Å². The van der Waals surface area contributed by atoms with Gasteiger partial charge in [-0.25, -0.2) is 0 Å². The van der Waals surface area contributed by atoms with Gasteiger partial charge in [-0.2, -0.15) is 0 Å². The minimum Gasteiger partial charge on any atom is -0.381 e. The lowest BCUT2D eigenvalue weighted by Gasteiger charge is -2.03. The third-order valence-electron chi connectivity index (χ3n) is 2.90. The summed E-state index contributed by atoms with van der Waals surface area (Å²) in [6, 6.07) is 0. The number of carbonyl (C=O) groups excluding carboxylic acids is 2. The number of hydrogen-bond donors (Lipinski definition) is 0. The number of unbranched alkanes of at least 4 members (excludes halogenated alkanes) is 4. The predicted octanol–water partition coefficient (Wildman–Crippen LogP) is 3.69. The average molecular weight is 256 g/mol. The van der Waals surface area contributed by atoms with E-state index in [1.807, 2.05) is 0 Å². The summed E-state index contributed by atoms with van der Waals surface area (Å²) >= 11 is 0. The third kappa shape index (κ3) is 13.4.